The highest BCUT2D eigenvalue weighted by molar-refractivity contribution is 5.88. The summed E-state index contributed by atoms with van der Waals surface area (Å²) < 4.78 is 0. The van der Waals surface area contributed by atoms with Gasteiger partial charge >= 0.3 is 0 Å². The monoisotopic (exact) mass is 281 g/mol. The summed E-state index contributed by atoms with van der Waals surface area (Å²) in [7, 11) is 1.81. The maximum Gasteiger partial charge on any atom is 0.241 e. The molecule has 2 heterocycles. The smallest absolute Gasteiger partial charge is 0.241 e. The Labute approximate surface area is 121 Å². The average Bonchev–Trinajstić information content (AvgIpc) is 2.61. The Morgan fingerprint density at radius 2 is 2.05 bits per heavy atom. The normalized spacial score (nSPS) is 25.6. The first-order valence-corrected chi connectivity index (χ1v) is 7.67. The number of carbonyl (C=O) groups is 2. The number of amides is 2. The molecule has 2 rings (SSSR count). The van der Waals surface area contributed by atoms with Gasteiger partial charge in [0.2, 0.25) is 11.8 Å². The number of carbonyl (C=O) groups excluding carboxylic acids is 2. The molecule has 2 amide bonds. The van der Waals surface area contributed by atoms with E-state index in [1.807, 2.05) is 20.9 Å². The van der Waals surface area contributed by atoms with E-state index in [1.54, 1.807) is 9.80 Å². The molecule has 0 aromatic rings. The van der Waals surface area contributed by atoms with Gasteiger partial charge in [-0.15, -0.1) is 0 Å². The molecule has 0 bridgehead atoms. The van der Waals surface area contributed by atoms with Crippen LogP contribution in [0.2, 0.25) is 0 Å². The standard InChI is InChI=1S/C15H27N3O2/c1-15(2,12-6-4-7-16-10-12)14(20)18-9-5-8-17(3)13(19)11-18/h12,16H,4-11H2,1-3H3. The molecule has 0 aliphatic carbocycles. The molecule has 2 fully saturated rings. The van der Waals surface area contributed by atoms with E-state index < -0.39 is 5.41 Å². The van der Waals surface area contributed by atoms with E-state index in [4.69, 9.17) is 0 Å². The van der Waals surface area contributed by atoms with Crippen LogP contribution in [0.3, 0.4) is 0 Å². The van der Waals surface area contributed by atoms with Crippen LogP contribution in [0, 0.1) is 11.3 Å². The summed E-state index contributed by atoms with van der Waals surface area (Å²) in [5.74, 6) is 0.545. The molecular formula is C15H27N3O2. The summed E-state index contributed by atoms with van der Waals surface area (Å²) >= 11 is 0. The third kappa shape index (κ3) is 3.14. The van der Waals surface area contributed by atoms with Crippen LogP contribution in [0.1, 0.15) is 33.1 Å². The maximum atomic E-state index is 12.9. The molecule has 1 atom stereocenters. The molecule has 114 valence electrons. The topological polar surface area (TPSA) is 52.6 Å². The molecule has 5 nitrogen and oxygen atoms in total. The number of nitrogens with one attached hydrogen (secondary N) is 1. The lowest BCUT2D eigenvalue weighted by Crippen LogP contribution is -2.50. The third-order valence-electron chi connectivity index (χ3n) is 4.83. The molecule has 2 aliphatic heterocycles. The van der Waals surface area contributed by atoms with Crippen LogP contribution in [-0.2, 0) is 9.59 Å². The maximum absolute atomic E-state index is 12.9. The zero-order chi connectivity index (χ0) is 14.8. The van der Waals surface area contributed by atoms with E-state index in [0.29, 0.717) is 12.5 Å². The van der Waals surface area contributed by atoms with Crippen LogP contribution < -0.4 is 5.32 Å². The molecule has 20 heavy (non-hydrogen) atoms. The zero-order valence-corrected chi connectivity index (χ0v) is 12.9. The number of hydrogen-bond donors (Lipinski definition) is 1. The first-order valence-electron chi connectivity index (χ1n) is 7.67. The van der Waals surface area contributed by atoms with Gasteiger partial charge in [0.1, 0.15) is 0 Å². The van der Waals surface area contributed by atoms with Gasteiger partial charge in [-0.25, -0.2) is 0 Å². The summed E-state index contributed by atoms with van der Waals surface area (Å²) in [4.78, 5) is 28.3. The molecule has 1 N–H and O–H groups in total. The molecule has 2 saturated heterocycles. The Kier molecular flexibility index (Phi) is 4.68. The van der Waals surface area contributed by atoms with E-state index in [-0.39, 0.29) is 18.4 Å². The fourth-order valence-electron chi connectivity index (χ4n) is 3.21. The van der Waals surface area contributed by atoms with Gasteiger partial charge in [0.15, 0.2) is 0 Å². The minimum Gasteiger partial charge on any atom is -0.344 e. The molecular weight excluding hydrogens is 254 g/mol. The van der Waals surface area contributed by atoms with E-state index in [0.717, 1.165) is 38.9 Å². The summed E-state index contributed by atoms with van der Waals surface area (Å²) in [5.41, 5.74) is -0.392. The molecule has 0 radical (unpaired) electrons. The van der Waals surface area contributed by atoms with Gasteiger partial charge in [-0.05, 0) is 38.3 Å². The van der Waals surface area contributed by atoms with Gasteiger partial charge in [0, 0.05) is 25.6 Å². The lowest BCUT2D eigenvalue weighted by atomic mass is 9.74. The minimum absolute atomic E-state index is 0.0495. The van der Waals surface area contributed by atoms with Crippen molar-refractivity contribution in [1.82, 2.24) is 15.1 Å². The van der Waals surface area contributed by atoms with Gasteiger partial charge in [-0.1, -0.05) is 13.8 Å². The summed E-state index contributed by atoms with van der Waals surface area (Å²) in [5, 5.41) is 3.38. The van der Waals surface area contributed by atoms with E-state index in [1.165, 1.54) is 0 Å². The van der Waals surface area contributed by atoms with Crippen molar-refractivity contribution < 1.29 is 9.59 Å². The predicted molar refractivity (Wildman–Crippen MR) is 78.2 cm³/mol. The second-order valence-corrected chi connectivity index (χ2v) is 6.66. The van der Waals surface area contributed by atoms with Crippen LogP contribution in [0.4, 0.5) is 0 Å². The lowest BCUT2D eigenvalue weighted by Gasteiger charge is -2.39. The van der Waals surface area contributed by atoms with Crippen molar-refractivity contribution in [3.8, 4) is 0 Å². The SMILES string of the molecule is CN1CCCN(C(=O)C(C)(C)C2CCCNC2)CC1=O. The largest absolute Gasteiger partial charge is 0.344 e. The number of rotatable bonds is 2. The van der Waals surface area contributed by atoms with Crippen molar-refractivity contribution in [3.63, 3.8) is 0 Å². The zero-order valence-electron chi connectivity index (χ0n) is 12.9. The fourth-order valence-corrected chi connectivity index (χ4v) is 3.21. The van der Waals surface area contributed by atoms with Crippen molar-refractivity contribution in [1.29, 1.82) is 0 Å². The molecule has 0 aromatic carbocycles. The molecule has 2 aliphatic rings. The molecule has 0 spiro atoms. The Hall–Kier alpha value is -1.10. The van der Waals surface area contributed by atoms with Gasteiger partial charge in [0.25, 0.3) is 0 Å². The third-order valence-corrected chi connectivity index (χ3v) is 4.83. The Balaban J connectivity index is 2.06. The number of nitrogens with zero attached hydrogens (tertiary/aromatic N) is 2. The van der Waals surface area contributed by atoms with Gasteiger partial charge in [-0.2, -0.15) is 0 Å². The van der Waals surface area contributed by atoms with Gasteiger partial charge in [0.05, 0.1) is 6.54 Å². The van der Waals surface area contributed by atoms with Crippen molar-refractivity contribution in [2.45, 2.75) is 33.1 Å². The highest BCUT2D eigenvalue weighted by Crippen LogP contribution is 2.34. The first-order chi connectivity index (χ1) is 9.43. The van der Waals surface area contributed by atoms with Gasteiger partial charge < -0.3 is 15.1 Å². The predicted octanol–water partition coefficient (Wildman–Crippen LogP) is 0.703. The van der Waals surface area contributed by atoms with E-state index >= 15 is 0 Å². The molecule has 0 aromatic heterocycles. The average molecular weight is 281 g/mol. The Morgan fingerprint density at radius 1 is 1.30 bits per heavy atom. The Bertz CT molecular complexity index is 375. The van der Waals surface area contributed by atoms with Crippen molar-refractivity contribution in [2.75, 3.05) is 39.8 Å². The van der Waals surface area contributed by atoms with Crippen LogP contribution in [-0.4, -0.2) is 61.4 Å². The van der Waals surface area contributed by atoms with Crippen molar-refractivity contribution >= 4 is 11.8 Å². The Morgan fingerprint density at radius 3 is 2.70 bits per heavy atom. The van der Waals surface area contributed by atoms with E-state index in [9.17, 15) is 9.59 Å². The molecule has 1 unspecified atom stereocenters. The van der Waals surface area contributed by atoms with Crippen LogP contribution in [0.15, 0.2) is 0 Å². The second-order valence-electron chi connectivity index (χ2n) is 6.66. The number of piperidine rings is 1. The number of likely N-dealkylation sites (N-methyl/N-ethyl adjacent to an activating group) is 1. The molecule has 0 saturated carbocycles. The fraction of sp³-hybridized carbons (Fsp3) is 0.867. The van der Waals surface area contributed by atoms with Crippen LogP contribution in [0.5, 0.6) is 0 Å². The van der Waals surface area contributed by atoms with Gasteiger partial charge in [-0.3, -0.25) is 9.59 Å². The summed E-state index contributed by atoms with van der Waals surface area (Å²) in [6.07, 6.45) is 3.09. The quantitative estimate of drug-likeness (QED) is 0.811. The van der Waals surface area contributed by atoms with Crippen LogP contribution >= 0.6 is 0 Å². The van der Waals surface area contributed by atoms with Crippen molar-refractivity contribution in [3.05, 3.63) is 0 Å². The highest BCUT2D eigenvalue weighted by Gasteiger charge is 2.40. The van der Waals surface area contributed by atoms with Crippen molar-refractivity contribution in [2.24, 2.45) is 11.3 Å². The summed E-state index contributed by atoms with van der Waals surface area (Å²) in [6, 6.07) is 0. The second kappa shape index (κ2) is 6.12. The number of hydrogen-bond acceptors (Lipinski definition) is 3. The lowest BCUT2D eigenvalue weighted by molar-refractivity contribution is -0.147. The highest BCUT2D eigenvalue weighted by atomic mass is 16.2. The first kappa shape index (κ1) is 15.3. The summed E-state index contributed by atoms with van der Waals surface area (Å²) in [6.45, 7) is 7.69. The van der Waals surface area contributed by atoms with E-state index in [2.05, 4.69) is 5.32 Å². The minimum atomic E-state index is -0.392. The van der Waals surface area contributed by atoms with Crippen LogP contribution in [0.25, 0.3) is 0 Å². The molecule has 5 heteroatoms.